The van der Waals surface area contributed by atoms with Gasteiger partial charge in [-0.3, -0.25) is 4.98 Å². The topological polar surface area (TPSA) is 392 Å². The van der Waals surface area contributed by atoms with Gasteiger partial charge in [-0.2, -0.15) is 70.3 Å². The fourth-order valence-electron chi connectivity index (χ4n) is 14.2. The lowest BCUT2D eigenvalue weighted by molar-refractivity contribution is -0.379. The van der Waals surface area contributed by atoms with Crippen molar-refractivity contribution >= 4 is 41.1 Å². The number of H-pyrrole nitrogens is 2. The average molecular weight is 1750 g/mol. The van der Waals surface area contributed by atoms with Crippen LogP contribution in [0.3, 0.4) is 0 Å². The van der Waals surface area contributed by atoms with Crippen LogP contribution in [0.15, 0.2) is 98.5 Å². The number of hydrogen-bond donors (Lipinski definition) is 10. The number of aliphatic hydroxyl groups excluding tert-OH is 1. The zero-order chi connectivity index (χ0) is 89.6. The average Bonchev–Trinajstić information content (AvgIpc) is 0.727. The Labute approximate surface area is 711 Å². The molecule has 27 nitrogen and oxygen atoms in total. The largest absolute Gasteiger partial charge is 0.471 e. The SMILES string of the molecule is C.C.CC(F)(F)COc1ncccc1CNc1ncc(C#N)c(N[C@H]2C[C@@H](O)C2(C)C)n1.CC(F)(F)c1ccncc1CCc1ncc(C#N)c(NC2CCC(C(C)(C)O)CC2)n1.CC1(O)CCC(Nc2nc(NCc3c[nH+]ccc3C(F)(F)F)ncc2C#N)CC1.COC1(C)CC(Nc2nc(NCc3c[nH+]ccc3C(F)(F)F)ncc2C(F)(F)F)C1(C)C. The highest BCUT2D eigenvalue weighted by Gasteiger charge is 2.58. The summed E-state index contributed by atoms with van der Waals surface area (Å²) in [6.45, 7) is 15.6. The van der Waals surface area contributed by atoms with E-state index in [1.165, 1.54) is 55.6 Å². The quantitative estimate of drug-likeness (QED) is 0.0225. The van der Waals surface area contributed by atoms with E-state index in [9.17, 15) is 88.2 Å². The third-order valence-electron chi connectivity index (χ3n) is 22.6. The highest BCUT2D eigenvalue weighted by Crippen LogP contribution is 2.53. The van der Waals surface area contributed by atoms with Gasteiger partial charge >= 0.3 is 18.5 Å². The molecule has 4 saturated carbocycles. The van der Waals surface area contributed by atoms with Gasteiger partial charge in [0.2, 0.25) is 23.7 Å². The minimum absolute atomic E-state index is 0. The maximum atomic E-state index is 13.8. The Hall–Kier alpha value is -11.3. The standard InChI is InChI=1S/C23H29F2N5O.C20H23F6N5O.C20H24F2N6O2.C19H21F3N6O.2CH4/c1-22(2,31)17-5-7-18(8-6-17)29-21-16(12-26)14-28-20(30-21)9-4-15-13-27-11-10-19(15)23(3,24)25;1-17(2)14(7-18(17,3)32-4)30-15-13(20(24,25)26)10-29-16(31-15)28-9-11-8-27-6-5-12(11)19(21,22)23;1-19(2)14(7-15(19)29)27-16-13(8-23)10-26-18(28-16)25-9-12-5-4-6-24-17(12)30-11-20(3,21)22;1-18(29)5-2-14(3-6-18)27-16-12(8-23)10-25-17(28-16)26-11-13-9-24-7-4-15(13)19(20,21)22;;/h10-11,13-14,17-18,31H,4-9H2,1-3H3,(H,28,29,30);5-6,8,10,14H,7,9H2,1-4H3,(H2,28,29,30,31);4-6,10,14-15,29H,7,9,11H2,1-3H3,(H2,25,26,27,28);4,7,9-10,14,29H,2-3,5-6,11H2,1H3,(H2,25,26,27,28);2*1H4/p+2/t;;14-,15+;;;/m..0.../s1. The maximum Gasteiger partial charge on any atom is 0.421 e. The van der Waals surface area contributed by atoms with Crippen LogP contribution in [0.25, 0.3) is 0 Å². The summed E-state index contributed by atoms with van der Waals surface area (Å²) in [5.41, 5.74) is -3.64. The monoisotopic (exact) mass is 1750 g/mol. The van der Waals surface area contributed by atoms with Crippen LogP contribution >= 0.6 is 0 Å². The molecule has 124 heavy (non-hydrogen) atoms. The number of aliphatic hydroxyl groups is 3. The number of rotatable bonds is 26. The van der Waals surface area contributed by atoms with Gasteiger partial charge in [0, 0.05) is 141 Å². The Bertz CT molecular complexity index is 4990. The number of anilines is 7. The molecule has 0 amide bonds. The van der Waals surface area contributed by atoms with Gasteiger partial charge in [-0.05, 0) is 122 Å². The lowest BCUT2D eigenvalue weighted by atomic mass is 9.56. The Morgan fingerprint density at radius 2 is 1.01 bits per heavy atom. The Morgan fingerprint density at radius 3 is 1.48 bits per heavy atom. The summed E-state index contributed by atoms with van der Waals surface area (Å²) in [6.07, 6.45) is 7.67. The van der Waals surface area contributed by atoms with E-state index in [1.807, 2.05) is 60.6 Å². The zero-order valence-corrected chi connectivity index (χ0v) is 68.9. The summed E-state index contributed by atoms with van der Waals surface area (Å²) in [7, 11) is 1.54. The first-order chi connectivity index (χ1) is 57.0. The van der Waals surface area contributed by atoms with Crippen molar-refractivity contribution in [3.63, 3.8) is 0 Å². The number of halogens is 13. The summed E-state index contributed by atoms with van der Waals surface area (Å²) in [6, 6.07) is 12.6. The molecule has 4 atom stereocenters. The molecule has 672 valence electrons. The molecule has 0 spiro atoms. The van der Waals surface area contributed by atoms with Crippen molar-refractivity contribution in [2.24, 2.45) is 16.7 Å². The molecule has 4 aliphatic rings. The number of ether oxygens (including phenoxy) is 2. The predicted molar refractivity (Wildman–Crippen MR) is 435 cm³/mol. The van der Waals surface area contributed by atoms with Crippen LogP contribution < -0.4 is 51.9 Å². The highest BCUT2D eigenvalue weighted by atomic mass is 19.4. The maximum absolute atomic E-state index is 13.8. The van der Waals surface area contributed by atoms with Crippen molar-refractivity contribution in [2.45, 2.75) is 258 Å². The van der Waals surface area contributed by atoms with Crippen LogP contribution in [0, 0.1) is 50.7 Å². The van der Waals surface area contributed by atoms with E-state index >= 15 is 0 Å². The minimum Gasteiger partial charge on any atom is -0.471 e. The fourth-order valence-corrected chi connectivity index (χ4v) is 14.2. The van der Waals surface area contributed by atoms with Crippen LogP contribution in [0.1, 0.15) is 215 Å². The van der Waals surface area contributed by atoms with Gasteiger partial charge < -0.3 is 62.0 Å². The molecule has 40 heteroatoms. The second-order valence-electron chi connectivity index (χ2n) is 32.8. The lowest BCUT2D eigenvalue weighted by Crippen LogP contribution is -2.65. The summed E-state index contributed by atoms with van der Waals surface area (Å²) in [5, 5.41) is 79.2. The summed E-state index contributed by atoms with van der Waals surface area (Å²) in [4.78, 5) is 46.3. The van der Waals surface area contributed by atoms with Crippen molar-refractivity contribution in [1.82, 2.24) is 49.8 Å². The molecular formula is C84H107F13N22O5+2. The summed E-state index contributed by atoms with van der Waals surface area (Å²) in [5.74, 6) is -4.20. The number of aryl methyl sites for hydroxylation is 2. The number of nitrogens with zero attached hydrogens (tertiary/aromatic N) is 13. The van der Waals surface area contributed by atoms with Gasteiger partial charge in [-0.1, -0.05) is 48.6 Å². The van der Waals surface area contributed by atoms with Gasteiger partial charge in [-0.15, -0.1) is 0 Å². The fraction of sp³-hybridized carbons (Fsp3) is 0.536. The van der Waals surface area contributed by atoms with Crippen LogP contribution in [0.2, 0.25) is 0 Å². The lowest BCUT2D eigenvalue weighted by Gasteiger charge is -2.59. The zero-order valence-electron chi connectivity index (χ0n) is 68.9. The van der Waals surface area contributed by atoms with Crippen molar-refractivity contribution in [2.75, 3.05) is 50.9 Å². The molecule has 4 aliphatic carbocycles. The van der Waals surface area contributed by atoms with E-state index in [1.54, 1.807) is 26.2 Å². The molecule has 0 saturated heterocycles. The van der Waals surface area contributed by atoms with Crippen LogP contribution in [0.4, 0.5) is 98.2 Å². The smallest absolute Gasteiger partial charge is 0.421 e. The van der Waals surface area contributed by atoms with E-state index in [0.717, 1.165) is 76.9 Å². The summed E-state index contributed by atoms with van der Waals surface area (Å²) < 4.78 is 184. The first-order valence-electron chi connectivity index (χ1n) is 39.1. The van der Waals surface area contributed by atoms with Gasteiger partial charge in [0.05, 0.1) is 52.6 Å². The number of hydrogen-bond acceptors (Lipinski definition) is 25. The van der Waals surface area contributed by atoms with E-state index < -0.39 is 87.8 Å². The van der Waals surface area contributed by atoms with E-state index in [2.05, 4.69) is 103 Å². The first-order valence-corrected chi connectivity index (χ1v) is 39.1. The first kappa shape index (κ1) is 99.8. The third-order valence-corrected chi connectivity index (χ3v) is 22.6. The Morgan fingerprint density at radius 1 is 0.532 bits per heavy atom. The molecule has 0 aromatic carbocycles. The van der Waals surface area contributed by atoms with Crippen LogP contribution in [-0.2, 0) is 61.7 Å². The normalized spacial score (nSPS) is 20.8. The molecule has 0 radical (unpaired) electrons. The van der Waals surface area contributed by atoms with Crippen LogP contribution in [0.5, 0.6) is 5.88 Å². The number of nitriles is 3. The number of nitrogens with one attached hydrogen (secondary N) is 9. The van der Waals surface area contributed by atoms with Crippen LogP contribution in [-0.4, -0.2) is 132 Å². The molecule has 4 fully saturated rings. The Kier molecular flexibility index (Phi) is 33.0. The van der Waals surface area contributed by atoms with Crippen molar-refractivity contribution in [3.05, 3.63) is 166 Å². The number of pyridine rings is 4. The number of aromatic nitrogens is 12. The second kappa shape index (κ2) is 41.0. The van der Waals surface area contributed by atoms with E-state index in [0.29, 0.717) is 84.7 Å². The Balaban J connectivity index is 0.000000226. The van der Waals surface area contributed by atoms with Gasteiger partial charge in [0.25, 0.3) is 11.8 Å². The minimum atomic E-state index is -4.71. The van der Waals surface area contributed by atoms with Gasteiger partial charge in [0.1, 0.15) is 69.6 Å². The van der Waals surface area contributed by atoms with E-state index in [-0.39, 0.29) is 122 Å². The molecule has 0 aliphatic heterocycles. The molecule has 2 unspecified atom stereocenters. The molecule has 0 bridgehead atoms. The van der Waals surface area contributed by atoms with Gasteiger partial charge in [-0.25, -0.2) is 57.4 Å². The third kappa shape index (κ3) is 26.6. The molecular weight excluding hydrogens is 1640 g/mol. The molecule has 8 heterocycles. The molecule has 8 aromatic heterocycles. The molecule has 12 rings (SSSR count). The van der Waals surface area contributed by atoms with E-state index in [4.69, 9.17) is 9.47 Å². The predicted octanol–water partition coefficient (Wildman–Crippen LogP) is 16.1. The number of aromatic amines is 2. The van der Waals surface area contributed by atoms with Crippen molar-refractivity contribution < 1.29 is 91.8 Å². The molecule has 12 N–H and O–H groups in total. The highest BCUT2D eigenvalue weighted by molar-refractivity contribution is 5.57. The van der Waals surface area contributed by atoms with Crippen molar-refractivity contribution in [1.29, 1.82) is 15.8 Å². The van der Waals surface area contributed by atoms with Crippen molar-refractivity contribution in [3.8, 4) is 24.1 Å². The second-order valence-corrected chi connectivity index (χ2v) is 32.8. The summed E-state index contributed by atoms with van der Waals surface area (Å²) >= 11 is 0. The number of methoxy groups -OCH3 is 1. The number of alkyl halides is 13. The van der Waals surface area contributed by atoms with Gasteiger partial charge in [0.15, 0.2) is 31.4 Å². The molecule has 8 aromatic rings.